The van der Waals surface area contributed by atoms with Crippen LogP contribution in [0.4, 0.5) is 0 Å². The highest BCUT2D eigenvalue weighted by atomic mass is 16.5. The van der Waals surface area contributed by atoms with Crippen molar-refractivity contribution in [2.75, 3.05) is 14.2 Å². The number of hydrogen-bond acceptors (Lipinski definition) is 4. The number of pyridine rings is 1. The number of imidazole rings is 1. The predicted octanol–water partition coefficient (Wildman–Crippen LogP) is 2.89. The van der Waals surface area contributed by atoms with Crippen LogP contribution in [0.1, 0.15) is 5.56 Å². The summed E-state index contributed by atoms with van der Waals surface area (Å²) in [6, 6.07) is 11.2. The molecule has 21 heavy (non-hydrogen) atoms. The highest BCUT2D eigenvalue weighted by molar-refractivity contribution is 5.71. The van der Waals surface area contributed by atoms with E-state index in [1.54, 1.807) is 26.5 Å². The first kappa shape index (κ1) is 13.0. The van der Waals surface area contributed by atoms with E-state index in [1.807, 2.05) is 34.9 Å². The Bertz CT molecular complexity index is 846. The third-order valence-electron chi connectivity index (χ3n) is 3.26. The molecule has 0 amide bonds. The highest BCUT2D eigenvalue weighted by Gasteiger charge is 2.11. The van der Waals surface area contributed by atoms with Gasteiger partial charge < -0.3 is 13.9 Å². The number of fused-ring (bicyclic) bond motifs is 1. The maximum Gasteiger partial charge on any atom is 0.137 e. The fourth-order valence-corrected chi connectivity index (χ4v) is 2.20. The summed E-state index contributed by atoms with van der Waals surface area (Å²) in [4.78, 5) is 4.56. The maximum atomic E-state index is 8.95. The molecule has 0 unspecified atom stereocenters. The molecule has 0 saturated carbocycles. The molecule has 0 fully saturated rings. The van der Waals surface area contributed by atoms with Crippen LogP contribution in [0.5, 0.6) is 11.5 Å². The molecule has 3 aromatic rings. The first-order chi connectivity index (χ1) is 10.2. The van der Waals surface area contributed by atoms with Gasteiger partial charge in [0.1, 0.15) is 23.2 Å². The molecule has 0 aliphatic carbocycles. The van der Waals surface area contributed by atoms with E-state index < -0.39 is 0 Å². The van der Waals surface area contributed by atoms with Gasteiger partial charge in [-0.05, 0) is 30.3 Å². The van der Waals surface area contributed by atoms with Crippen LogP contribution < -0.4 is 9.47 Å². The zero-order chi connectivity index (χ0) is 14.8. The van der Waals surface area contributed by atoms with Crippen molar-refractivity contribution in [2.24, 2.45) is 0 Å². The van der Waals surface area contributed by atoms with Crippen LogP contribution in [-0.4, -0.2) is 23.6 Å². The third-order valence-corrected chi connectivity index (χ3v) is 3.26. The van der Waals surface area contributed by atoms with Crippen LogP contribution in [0.3, 0.4) is 0 Å². The SMILES string of the molecule is COc1ccc(OC)c(-c2cn3cc(C#N)ccc3n2)c1. The van der Waals surface area contributed by atoms with Crippen molar-refractivity contribution in [3.05, 3.63) is 48.3 Å². The number of rotatable bonds is 3. The Morgan fingerprint density at radius 3 is 2.67 bits per heavy atom. The van der Waals surface area contributed by atoms with Gasteiger partial charge in [-0.3, -0.25) is 0 Å². The van der Waals surface area contributed by atoms with Crippen molar-refractivity contribution in [2.45, 2.75) is 0 Å². The third kappa shape index (κ3) is 2.28. The molecule has 0 saturated heterocycles. The van der Waals surface area contributed by atoms with Gasteiger partial charge >= 0.3 is 0 Å². The van der Waals surface area contributed by atoms with E-state index in [0.29, 0.717) is 5.56 Å². The molecule has 0 spiro atoms. The molecule has 3 rings (SSSR count). The number of ether oxygens (including phenoxy) is 2. The lowest BCUT2D eigenvalue weighted by atomic mass is 10.1. The van der Waals surface area contributed by atoms with Gasteiger partial charge in [-0.15, -0.1) is 0 Å². The van der Waals surface area contributed by atoms with Crippen molar-refractivity contribution in [3.63, 3.8) is 0 Å². The molecule has 5 heteroatoms. The average molecular weight is 279 g/mol. The molecule has 1 aromatic carbocycles. The molecular weight excluding hydrogens is 266 g/mol. The van der Waals surface area contributed by atoms with Gasteiger partial charge in [-0.25, -0.2) is 4.98 Å². The van der Waals surface area contributed by atoms with E-state index in [9.17, 15) is 0 Å². The topological polar surface area (TPSA) is 59.5 Å². The number of nitriles is 1. The Balaban J connectivity index is 2.18. The molecule has 0 aliphatic rings. The molecule has 2 aromatic heterocycles. The van der Waals surface area contributed by atoms with Gasteiger partial charge in [0.2, 0.25) is 0 Å². The van der Waals surface area contributed by atoms with Crippen molar-refractivity contribution >= 4 is 5.65 Å². The van der Waals surface area contributed by atoms with Crippen LogP contribution in [0.25, 0.3) is 16.9 Å². The first-order valence-electron chi connectivity index (χ1n) is 6.36. The summed E-state index contributed by atoms with van der Waals surface area (Å²) in [5, 5.41) is 8.95. The van der Waals surface area contributed by atoms with Crippen LogP contribution in [0.15, 0.2) is 42.7 Å². The van der Waals surface area contributed by atoms with Gasteiger partial charge in [0, 0.05) is 18.0 Å². The minimum Gasteiger partial charge on any atom is -0.497 e. The van der Waals surface area contributed by atoms with Gasteiger partial charge in [0.15, 0.2) is 0 Å². The number of methoxy groups -OCH3 is 2. The second kappa shape index (κ2) is 5.17. The lowest BCUT2D eigenvalue weighted by Gasteiger charge is -2.08. The number of hydrogen-bond donors (Lipinski definition) is 0. The quantitative estimate of drug-likeness (QED) is 0.739. The van der Waals surface area contributed by atoms with Crippen molar-refractivity contribution in [1.29, 1.82) is 5.26 Å². The zero-order valence-electron chi connectivity index (χ0n) is 11.7. The number of nitrogens with zero attached hydrogens (tertiary/aromatic N) is 3. The standard InChI is InChI=1S/C16H13N3O2/c1-20-12-4-5-15(21-2)13(7-12)14-10-19-9-11(8-17)3-6-16(19)18-14/h3-7,9-10H,1-2H3. The summed E-state index contributed by atoms with van der Waals surface area (Å²) < 4.78 is 12.5. The Morgan fingerprint density at radius 2 is 1.95 bits per heavy atom. The molecule has 104 valence electrons. The molecule has 5 nitrogen and oxygen atoms in total. The maximum absolute atomic E-state index is 8.95. The second-order valence-corrected chi connectivity index (χ2v) is 4.49. The summed E-state index contributed by atoms with van der Waals surface area (Å²) in [5.41, 5.74) is 2.97. The van der Waals surface area contributed by atoms with Crippen molar-refractivity contribution in [3.8, 4) is 28.8 Å². The van der Waals surface area contributed by atoms with Gasteiger partial charge in [-0.2, -0.15) is 5.26 Å². The lowest BCUT2D eigenvalue weighted by molar-refractivity contribution is 0.404. The smallest absolute Gasteiger partial charge is 0.137 e. The minimum absolute atomic E-state index is 0.587. The molecular formula is C16H13N3O2. The Labute approximate surface area is 122 Å². The molecule has 0 N–H and O–H groups in total. The van der Waals surface area contributed by atoms with E-state index >= 15 is 0 Å². The molecule has 0 atom stereocenters. The normalized spacial score (nSPS) is 10.3. The van der Waals surface area contributed by atoms with Crippen LogP contribution in [-0.2, 0) is 0 Å². The predicted molar refractivity (Wildman–Crippen MR) is 78.4 cm³/mol. The summed E-state index contributed by atoms with van der Waals surface area (Å²) >= 11 is 0. The molecule has 0 bridgehead atoms. The fraction of sp³-hybridized carbons (Fsp3) is 0.125. The Kier molecular flexibility index (Phi) is 3.20. The zero-order valence-corrected chi connectivity index (χ0v) is 11.7. The molecule has 0 radical (unpaired) electrons. The monoisotopic (exact) mass is 279 g/mol. The Hall–Kier alpha value is -3.00. The van der Waals surface area contributed by atoms with E-state index in [2.05, 4.69) is 11.1 Å². The fourth-order valence-electron chi connectivity index (χ4n) is 2.20. The summed E-state index contributed by atoms with van der Waals surface area (Å²) in [5.74, 6) is 1.46. The number of aromatic nitrogens is 2. The Morgan fingerprint density at radius 1 is 1.10 bits per heavy atom. The largest absolute Gasteiger partial charge is 0.497 e. The summed E-state index contributed by atoms with van der Waals surface area (Å²) in [7, 11) is 3.24. The van der Waals surface area contributed by atoms with Crippen molar-refractivity contribution in [1.82, 2.24) is 9.38 Å². The molecule has 0 aliphatic heterocycles. The van der Waals surface area contributed by atoms with Gasteiger partial charge in [0.05, 0.1) is 25.5 Å². The number of benzene rings is 1. The van der Waals surface area contributed by atoms with E-state index in [-0.39, 0.29) is 0 Å². The van der Waals surface area contributed by atoms with E-state index in [0.717, 1.165) is 28.4 Å². The highest BCUT2D eigenvalue weighted by Crippen LogP contribution is 2.32. The van der Waals surface area contributed by atoms with Crippen molar-refractivity contribution < 1.29 is 9.47 Å². The van der Waals surface area contributed by atoms with Crippen LogP contribution >= 0.6 is 0 Å². The van der Waals surface area contributed by atoms with Gasteiger partial charge in [0.25, 0.3) is 0 Å². The molecule has 2 heterocycles. The lowest BCUT2D eigenvalue weighted by Crippen LogP contribution is -1.90. The second-order valence-electron chi connectivity index (χ2n) is 4.49. The summed E-state index contributed by atoms with van der Waals surface area (Å²) in [6.07, 6.45) is 3.62. The average Bonchev–Trinajstić information content (AvgIpc) is 2.96. The van der Waals surface area contributed by atoms with E-state index in [4.69, 9.17) is 14.7 Å². The van der Waals surface area contributed by atoms with Gasteiger partial charge in [-0.1, -0.05) is 0 Å². The van der Waals surface area contributed by atoms with Crippen LogP contribution in [0.2, 0.25) is 0 Å². The van der Waals surface area contributed by atoms with E-state index in [1.165, 1.54) is 0 Å². The first-order valence-corrected chi connectivity index (χ1v) is 6.36. The van der Waals surface area contributed by atoms with Crippen LogP contribution in [0, 0.1) is 11.3 Å². The summed E-state index contributed by atoms with van der Waals surface area (Å²) in [6.45, 7) is 0. The minimum atomic E-state index is 0.587.